The SMILES string of the molecule is Cc1c(N)cnc(NCCn2ccnn2)c1Br. The Morgan fingerprint density at radius 1 is 1.53 bits per heavy atom. The highest BCUT2D eigenvalue weighted by Gasteiger charge is 2.06. The van der Waals surface area contributed by atoms with E-state index in [0.29, 0.717) is 5.69 Å². The first kappa shape index (κ1) is 11.8. The maximum absolute atomic E-state index is 5.75. The summed E-state index contributed by atoms with van der Waals surface area (Å²) in [4.78, 5) is 4.23. The fourth-order valence-electron chi connectivity index (χ4n) is 1.36. The third-order valence-electron chi connectivity index (χ3n) is 2.41. The van der Waals surface area contributed by atoms with Crippen LogP contribution in [-0.2, 0) is 6.54 Å². The minimum Gasteiger partial charge on any atom is -0.397 e. The van der Waals surface area contributed by atoms with E-state index in [-0.39, 0.29) is 0 Å². The highest BCUT2D eigenvalue weighted by atomic mass is 79.9. The van der Waals surface area contributed by atoms with Crippen LogP contribution in [0.25, 0.3) is 0 Å². The lowest BCUT2D eigenvalue weighted by Crippen LogP contribution is -2.12. The molecule has 0 atom stereocenters. The lowest BCUT2D eigenvalue weighted by atomic mass is 10.2. The Kier molecular flexibility index (Phi) is 3.58. The van der Waals surface area contributed by atoms with Crippen molar-refractivity contribution >= 4 is 27.4 Å². The quantitative estimate of drug-likeness (QED) is 0.892. The number of nitrogens with one attached hydrogen (secondary N) is 1. The van der Waals surface area contributed by atoms with Gasteiger partial charge in [-0.25, -0.2) is 4.98 Å². The number of hydrogen-bond donors (Lipinski definition) is 2. The van der Waals surface area contributed by atoms with Crippen LogP contribution in [0.2, 0.25) is 0 Å². The monoisotopic (exact) mass is 296 g/mol. The van der Waals surface area contributed by atoms with Crippen molar-refractivity contribution < 1.29 is 0 Å². The number of nitrogens with two attached hydrogens (primary N) is 1. The molecule has 0 saturated heterocycles. The number of nitrogens with zero attached hydrogens (tertiary/aromatic N) is 4. The van der Waals surface area contributed by atoms with Gasteiger partial charge in [0.1, 0.15) is 5.82 Å². The van der Waals surface area contributed by atoms with Crippen molar-refractivity contribution in [1.82, 2.24) is 20.0 Å². The van der Waals surface area contributed by atoms with Crippen molar-refractivity contribution in [2.75, 3.05) is 17.6 Å². The molecule has 2 heterocycles. The number of rotatable bonds is 4. The normalized spacial score (nSPS) is 10.5. The van der Waals surface area contributed by atoms with Crippen molar-refractivity contribution in [2.24, 2.45) is 0 Å². The fourth-order valence-corrected chi connectivity index (χ4v) is 1.83. The molecular formula is C10H13BrN6. The first-order valence-electron chi connectivity index (χ1n) is 5.17. The van der Waals surface area contributed by atoms with Gasteiger partial charge in [-0.15, -0.1) is 5.10 Å². The first-order valence-corrected chi connectivity index (χ1v) is 5.96. The highest BCUT2D eigenvalue weighted by Crippen LogP contribution is 2.27. The van der Waals surface area contributed by atoms with Gasteiger partial charge in [-0.3, -0.25) is 4.68 Å². The molecule has 0 saturated carbocycles. The molecule has 2 aromatic rings. The van der Waals surface area contributed by atoms with Crippen molar-refractivity contribution in [3.8, 4) is 0 Å². The van der Waals surface area contributed by atoms with E-state index in [0.717, 1.165) is 28.9 Å². The number of pyridine rings is 1. The third-order valence-corrected chi connectivity index (χ3v) is 3.38. The molecule has 2 aromatic heterocycles. The van der Waals surface area contributed by atoms with E-state index in [4.69, 9.17) is 5.73 Å². The van der Waals surface area contributed by atoms with Gasteiger partial charge in [0.05, 0.1) is 29.1 Å². The van der Waals surface area contributed by atoms with E-state index in [1.165, 1.54) is 0 Å². The summed E-state index contributed by atoms with van der Waals surface area (Å²) in [7, 11) is 0. The number of aromatic nitrogens is 4. The van der Waals surface area contributed by atoms with Gasteiger partial charge in [-0.2, -0.15) is 0 Å². The maximum Gasteiger partial charge on any atom is 0.140 e. The Hall–Kier alpha value is -1.63. The van der Waals surface area contributed by atoms with Crippen LogP contribution in [-0.4, -0.2) is 26.5 Å². The van der Waals surface area contributed by atoms with Crippen LogP contribution in [0.3, 0.4) is 0 Å². The molecule has 0 aliphatic heterocycles. The molecule has 0 fully saturated rings. The van der Waals surface area contributed by atoms with Crippen molar-refractivity contribution in [3.05, 3.63) is 28.6 Å². The molecule has 6 nitrogen and oxygen atoms in total. The number of hydrogen-bond acceptors (Lipinski definition) is 5. The van der Waals surface area contributed by atoms with Gasteiger partial charge >= 0.3 is 0 Å². The molecule has 2 rings (SSSR count). The molecule has 0 unspecified atom stereocenters. The average molecular weight is 297 g/mol. The molecule has 0 amide bonds. The Morgan fingerprint density at radius 3 is 3.06 bits per heavy atom. The van der Waals surface area contributed by atoms with Crippen molar-refractivity contribution in [3.63, 3.8) is 0 Å². The summed E-state index contributed by atoms with van der Waals surface area (Å²) < 4.78 is 2.65. The van der Waals surface area contributed by atoms with Crippen LogP contribution in [0, 0.1) is 6.92 Å². The predicted molar refractivity (Wildman–Crippen MR) is 69.6 cm³/mol. The molecule has 0 spiro atoms. The van der Waals surface area contributed by atoms with E-state index < -0.39 is 0 Å². The molecule has 17 heavy (non-hydrogen) atoms. The summed E-state index contributed by atoms with van der Waals surface area (Å²) in [6.45, 7) is 3.40. The molecule has 0 bridgehead atoms. The lowest BCUT2D eigenvalue weighted by Gasteiger charge is -2.10. The minimum absolute atomic E-state index is 0.679. The molecule has 3 N–H and O–H groups in total. The average Bonchev–Trinajstić information content (AvgIpc) is 2.82. The van der Waals surface area contributed by atoms with Gasteiger partial charge in [0.15, 0.2) is 0 Å². The molecule has 7 heteroatoms. The summed E-state index contributed by atoms with van der Waals surface area (Å²) in [5.41, 5.74) is 7.42. The zero-order valence-electron chi connectivity index (χ0n) is 9.39. The molecule has 90 valence electrons. The van der Waals surface area contributed by atoms with Gasteiger partial charge in [0.2, 0.25) is 0 Å². The van der Waals surface area contributed by atoms with Crippen LogP contribution in [0.15, 0.2) is 23.1 Å². The highest BCUT2D eigenvalue weighted by molar-refractivity contribution is 9.10. The van der Waals surface area contributed by atoms with E-state index in [2.05, 4.69) is 36.5 Å². The van der Waals surface area contributed by atoms with Gasteiger partial charge in [-0.1, -0.05) is 5.21 Å². The van der Waals surface area contributed by atoms with Crippen LogP contribution in [0.5, 0.6) is 0 Å². The van der Waals surface area contributed by atoms with Crippen LogP contribution < -0.4 is 11.1 Å². The van der Waals surface area contributed by atoms with Gasteiger partial charge < -0.3 is 11.1 Å². The maximum atomic E-state index is 5.75. The fraction of sp³-hybridized carbons (Fsp3) is 0.300. The second kappa shape index (κ2) is 5.13. The van der Waals surface area contributed by atoms with E-state index >= 15 is 0 Å². The van der Waals surface area contributed by atoms with E-state index in [9.17, 15) is 0 Å². The predicted octanol–water partition coefficient (Wildman–Crippen LogP) is 1.44. The Bertz CT molecular complexity index is 496. The second-order valence-corrected chi connectivity index (χ2v) is 4.39. The Balaban J connectivity index is 1.97. The summed E-state index contributed by atoms with van der Waals surface area (Å²) in [5.74, 6) is 0.789. The van der Waals surface area contributed by atoms with Gasteiger partial charge in [0, 0.05) is 12.7 Å². The molecular weight excluding hydrogens is 284 g/mol. The van der Waals surface area contributed by atoms with Crippen LogP contribution >= 0.6 is 15.9 Å². The smallest absolute Gasteiger partial charge is 0.140 e. The Morgan fingerprint density at radius 2 is 2.35 bits per heavy atom. The third kappa shape index (κ3) is 2.73. The molecule has 0 aliphatic carbocycles. The zero-order chi connectivity index (χ0) is 12.3. The largest absolute Gasteiger partial charge is 0.397 e. The number of nitrogen functional groups attached to an aromatic ring is 1. The number of anilines is 2. The summed E-state index contributed by atoms with van der Waals surface area (Å²) in [6, 6.07) is 0. The number of halogens is 1. The topological polar surface area (TPSA) is 81.6 Å². The molecule has 0 radical (unpaired) electrons. The second-order valence-electron chi connectivity index (χ2n) is 3.59. The van der Waals surface area contributed by atoms with Crippen LogP contribution in [0.1, 0.15) is 5.56 Å². The minimum atomic E-state index is 0.679. The lowest BCUT2D eigenvalue weighted by molar-refractivity contribution is 0.608. The van der Waals surface area contributed by atoms with Crippen molar-refractivity contribution in [1.29, 1.82) is 0 Å². The molecule has 0 aromatic carbocycles. The summed E-state index contributed by atoms with van der Waals surface area (Å²) >= 11 is 3.47. The summed E-state index contributed by atoms with van der Waals surface area (Å²) in [5, 5.41) is 10.8. The van der Waals surface area contributed by atoms with Crippen molar-refractivity contribution in [2.45, 2.75) is 13.5 Å². The van der Waals surface area contributed by atoms with Gasteiger partial charge in [-0.05, 0) is 28.4 Å². The first-order chi connectivity index (χ1) is 8.18. The standard InChI is InChI=1S/C10H13BrN6/c1-7-8(12)6-14-10(9(7)11)13-2-4-17-5-3-15-16-17/h3,5-6H,2,4,12H2,1H3,(H,13,14). The van der Waals surface area contributed by atoms with Gasteiger partial charge in [0.25, 0.3) is 0 Å². The molecule has 0 aliphatic rings. The van der Waals surface area contributed by atoms with Crippen LogP contribution in [0.4, 0.5) is 11.5 Å². The summed E-state index contributed by atoms with van der Waals surface area (Å²) in [6.07, 6.45) is 5.12. The Labute approximate surface area is 107 Å². The van der Waals surface area contributed by atoms with E-state index in [1.54, 1.807) is 17.1 Å². The van der Waals surface area contributed by atoms with E-state index in [1.807, 2.05) is 13.1 Å². The zero-order valence-corrected chi connectivity index (χ0v) is 11.0.